The van der Waals surface area contributed by atoms with Gasteiger partial charge in [-0.15, -0.1) is 11.3 Å². The molecule has 2 aliphatic rings. The first kappa shape index (κ1) is 12.3. The van der Waals surface area contributed by atoms with Crippen LogP contribution in [0.2, 0.25) is 0 Å². The Hall–Kier alpha value is -1.46. The summed E-state index contributed by atoms with van der Waals surface area (Å²) in [6.07, 6.45) is 3.27. The Balaban J connectivity index is 1.66. The quantitative estimate of drug-likeness (QED) is 0.877. The second-order valence-corrected chi connectivity index (χ2v) is 6.64. The van der Waals surface area contributed by atoms with Crippen LogP contribution in [0.4, 0.5) is 0 Å². The van der Waals surface area contributed by atoms with Gasteiger partial charge in [-0.05, 0) is 43.9 Å². The monoisotopic (exact) mass is 288 g/mol. The van der Waals surface area contributed by atoms with Crippen LogP contribution in [-0.4, -0.2) is 39.1 Å². The summed E-state index contributed by atoms with van der Waals surface area (Å²) in [5, 5.41) is 9.83. The van der Waals surface area contributed by atoms with Crippen LogP contribution < -0.4 is 0 Å². The smallest absolute Gasteiger partial charge is 0.254 e. The van der Waals surface area contributed by atoms with Gasteiger partial charge in [-0.25, -0.2) is 4.98 Å². The van der Waals surface area contributed by atoms with Crippen molar-refractivity contribution in [3.8, 4) is 0 Å². The molecule has 1 N–H and O–H groups in total. The highest BCUT2D eigenvalue weighted by Crippen LogP contribution is 2.37. The van der Waals surface area contributed by atoms with E-state index in [1.165, 1.54) is 0 Å². The molecule has 104 valence electrons. The number of carbonyl (C=O) groups is 1. The minimum Gasteiger partial charge on any atom is -0.393 e. The Morgan fingerprint density at radius 2 is 2.05 bits per heavy atom. The van der Waals surface area contributed by atoms with E-state index in [2.05, 4.69) is 4.98 Å². The molecule has 0 radical (unpaired) electrons. The maximum Gasteiger partial charge on any atom is 0.254 e. The van der Waals surface area contributed by atoms with E-state index in [-0.39, 0.29) is 24.1 Å². The third kappa shape index (κ3) is 1.84. The Morgan fingerprint density at radius 3 is 2.80 bits per heavy atom. The standard InChI is InChI=1S/C15H16N2O2S/c18-12-6-10-2-3-11(7-12)17(10)15(19)9-1-4-13-14(5-9)20-8-16-13/h1,4-5,8,10-12,18H,2-3,6-7H2. The molecule has 1 aromatic carbocycles. The van der Waals surface area contributed by atoms with Gasteiger partial charge in [0, 0.05) is 17.6 Å². The molecule has 2 aromatic rings. The third-order valence-corrected chi connectivity index (χ3v) is 5.31. The fraction of sp³-hybridized carbons (Fsp3) is 0.467. The maximum atomic E-state index is 12.8. The van der Waals surface area contributed by atoms with Gasteiger partial charge >= 0.3 is 0 Å². The molecule has 2 fully saturated rings. The summed E-state index contributed by atoms with van der Waals surface area (Å²) < 4.78 is 1.06. The SMILES string of the molecule is O=C(c1ccc2ncsc2c1)N1C2CCC1CC(O)C2. The molecule has 2 aliphatic heterocycles. The molecule has 5 heteroatoms. The van der Waals surface area contributed by atoms with Gasteiger partial charge in [-0.3, -0.25) is 4.79 Å². The minimum absolute atomic E-state index is 0.111. The van der Waals surface area contributed by atoms with Gasteiger partial charge in [-0.1, -0.05) is 0 Å². The van der Waals surface area contributed by atoms with Crippen molar-refractivity contribution in [1.29, 1.82) is 0 Å². The van der Waals surface area contributed by atoms with Crippen LogP contribution in [0.15, 0.2) is 23.7 Å². The molecule has 4 rings (SSSR count). The molecule has 0 aliphatic carbocycles. The predicted octanol–water partition coefficient (Wildman–Crippen LogP) is 2.42. The summed E-state index contributed by atoms with van der Waals surface area (Å²) in [4.78, 5) is 19.0. The molecule has 1 amide bonds. The van der Waals surface area contributed by atoms with Crippen molar-refractivity contribution in [2.45, 2.75) is 43.9 Å². The number of carbonyl (C=O) groups excluding carboxylic acids is 1. The van der Waals surface area contributed by atoms with Crippen molar-refractivity contribution in [2.24, 2.45) is 0 Å². The average molecular weight is 288 g/mol. The number of aromatic nitrogens is 1. The van der Waals surface area contributed by atoms with Crippen LogP contribution in [0.25, 0.3) is 10.2 Å². The van der Waals surface area contributed by atoms with Gasteiger partial charge in [0.15, 0.2) is 0 Å². The lowest BCUT2D eigenvalue weighted by molar-refractivity contribution is 0.0287. The zero-order valence-electron chi connectivity index (χ0n) is 11.0. The third-order valence-electron chi connectivity index (χ3n) is 4.52. The number of benzene rings is 1. The topological polar surface area (TPSA) is 53.4 Å². The summed E-state index contributed by atoms with van der Waals surface area (Å²) >= 11 is 1.56. The highest BCUT2D eigenvalue weighted by Gasteiger charge is 2.42. The number of amides is 1. The predicted molar refractivity (Wildman–Crippen MR) is 77.8 cm³/mol. The summed E-state index contributed by atoms with van der Waals surface area (Å²) in [5.74, 6) is 0.111. The number of hydrogen-bond donors (Lipinski definition) is 1. The second-order valence-electron chi connectivity index (χ2n) is 5.76. The normalized spacial score (nSPS) is 29.1. The lowest BCUT2D eigenvalue weighted by Gasteiger charge is -2.37. The summed E-state index contributed by atoms with van der Waals surface area (Å²) in [5.41, 5.74) is 3.50. The number of fused-ring (bicyclic) bond motifs is 3. The summed E-state index contributed by atoms with van der Waals surface area (Å²) in [6.45, 7) is 0. The van der Waals surface area contributed by atoms with E-state index in [1.54, 1.807) is 16.8 Å². The number of piperidine rings is 1. The number of aliphatic hydroxyl groups excluding tert-OH is 1. The van der Waals surface area contributed by atoms with E-state index in [0.717, 1.165) is 41.5 Å². The molecule has 2 bridgehead atoms. The number of aliphatic hydroxyl groups is 1. The van der Waals surface area contributed by atoms with Gasteiger partial charge in [0.25, 0.3) is 5.91 Å². The average Bonchev–Trinajstić information content (AvgIpc) is 3.00. The molecular weight excluding hydrogens is 272 g/mol. The highest BCUT2D eigenvalue weighted by atomic mass is 32.1. The van der Waals surface area contributed by atoms with E-state index in [1.807, 2.05) is 23.1 Å². The van der Waals surface area contributed by atoms with Crippen molar-refractivity contribution in [3.05, 3.63) is 29.3 Å². The Bertz CT molecular complexity index is 655. The van der Waals surface area contributed by atoms with Gasteiger partial charge in [0.05, 0.1) is 21.8 Å². The maximum absolute atomic E-state index is 12.8. The first-order valence-electron chi connectivity index (χ1n) is 7.06. The van der Waals surface area contributed by atoms with Crippen LogP contribution in [0.1, 0.15) is 36.0 Å². The minimum atomic E-state index is -0.236. The largest absolute Gasteiger partial charge is 0.393 e. The zero-order valence-corrected chi connectivity index (χ0v) is 11.8. The lowest BCUT2D eigenvalue weighted by atomic mass is 9.98. The van der Waals surface area contributed by atoms with Crippen LogP contribution in [0, 0.1) is 0 Å². The Labute approximate surface area is 121 Å². The van der Waals surface area contributed by atoms with Crippen LogP contribution in [0.3, 0.4) is 0 Å². The van der Waals surface area contributed by atoms with Gasteiger partial charge < -0.3 is 10.0 Å². The molecular formula is C15H16N2O2S. The molecule has 2 saturated heterocycles. The van der Waals surface area contributed by atoms with Crippen molar-refractivity contribution < 1.29 is 9.90 Å². The van der Waals surface area contributed by atoms with Crippen molar-refractivity contribution in [1.82, 2.24) is 9.88 Å². The molecule has 3 heterocycles. The molecule has 0 saturated carbocycles. The lowest BCUT2D eigenvalue weighted by Crippen LogP contribution is -2.47. The number of rotatable bonds is 1. The summed E-state index contributed by atoms with van der Waals surface area (Å²) in [6, 6.07) is 6.16. The Morgan fingerprint density at radius 1 is 1.30 bits per heavy atom. The van der Waals surface area contributed by atoms with Gasteiger partial charge in [0.2, 0.25) is 0 Å². The first-order valence-corrected chi connectivity index (χ1v) is 7.94. The first-order chi connectivity index (χ1) is 9.72. The molecule has 2 unspecified atom stereocenters. The van der Waals surface area contributed by atoms with Gasteiger partial charge in [-0.2, -0.15) is 0 Å². The molecule has 2 atom stereocenters. The van der Waals surface area contributed by atoms with E-state index < -0.39 is 0 Å². The van der Waals surface area contributed by atoms with Crippen molar-refractivity contribution >= 4 is 27.5 Å². The molecule has 20 heavy (non-hydrogen) atoms. The zero-order chi connectivity index (χ0) is 13.7. The van der Waals surface area contributed by atoms with E-state index in [4.69, 9.17) is 0 Å². The van der Waals surface area contributed by atoms with Crippen LogP contribution in [-0.2, 0) is 0 Å². The van der Waals surface area contributed by atoms with E-state index in [9.17, 15) is 9.90 Å². The van der Waals surface area contributed by atoms with Crippen molar-refractivity contribution in [2.75, 3.05) is 0 Å². The molecule has 4 nitrogen and oxygen atoms in total. The summed E-state index contributed by atoms with van der Waals surface area (Å²) in [7, 11) is 0. The fourth-order valence-corrected chi connectivity index (χ4v) is 4.33. The van der Waals surface area contributed by atoms with Crippen LogP contribution in [0.5, 0.6) is 0 Å². The number of thiazole rings is 1. The number of hydrogen-bond acceptors (Lipinski definition) is 4. The fourth-order valence-electron chi connectivity index (χ4n) is 3.62. The van der Waals surface area contributed by atoms with Gasteiger partial charge in [0.1, 0.15) is 0 Å². The highest BCUT2D eigenvalue weighted by molar-refractivity contribution is 7.16. The number of nitrogens with zero attached hydrogens (tertiary/aromatic N) is 2. The van der Waals surface area contributed by atoms with Crippen molar-refractivity contribution in [3.63, 3.8) is 0 Å². The van der Waals surface area contributed by atoms with E-state index in [0.29, 0.717) is 0 Å². The Kier molecular flexibility index (Phi) is 2.79. The molecule has 1 aromatic heterocycles. The van der Waals surface area contributed by atoms with E-state index >= 15 is 0 Å². The second kappa shape index (κ2) is 4.53. The molecule has 0 spiro atoms. The van der Waals surface area contributed by atoms with Crippen LogP contribution >= 0.6 is 11.3 Å².